The highest BCUT2D eigenvalue weighted by atomic mass is 32.2. The fourth-order valence-corrected chi connectivity index (χ4v) is 3.84. The van der Waals surface area contributed by atoms with Crippen molar-refractivity contribution in [2.24, 2.45) is 5.73 Å². The zero-order chi connectivity index (χ0) is 24.8. The highest BCUT2D eigenvalue weighted by Crippen LogP contribution is 2.07. The Morgan fingerprint density at radius 1 is 0.879 bits per heavy atom. The van der Waals surface area contributed by atoms with E-state index in [-0.39, 0.29) is 0 Å². The van der Waals surface area contributed by atoms with Crippen LogP contribution in [0.3, 0.4) is 0 Å². The maximum Gasteiger partial charge on any atom is 0.325 e. The summed E-state index contributed by atoms with van der Waals surface area (Å²) in [6, 6.07) is 5.64. The lowest BCUT2D eigenvalue weighted by Crippen LogP contribution is -2.57. The molecule has 0 aromatic heterocycles. The van der Waals surface area contributed by atoms with Crippen molar-refractivity contribution in [3.63, 3.8) is 0 Å². The van der Waals surface area contributed by atoms with Crippen molar-refractivity contribution in [3.05, 3.63) is 35.9 Å². The summed E-state index contributed by atoms with van der Waals surface area (Å²) >= 11 is 3.03. The summed E-state index contributed by atoms with van der Waals surface area (Å²) < 4.78 is 0. The van der Waals surface area contributed by atoms with Crippen molar-refractivity contribution >= 4 is 47.2 Å². The molecule has 4 unspecified atom stereocenters. The third-order valence-corrected chi connectivity index (χ3v) is 6.14. The normalized spacial score (nSPS) is 14.4. The van der Waals surface area contributed by atoms with Crippen LogP contribution in [0.4, 0.5) is 0 Å². The molecular weight excluding hydrogens is 464 g/mol. The third kappa shape index (κ3) is 11.0. The molecule has 4 atom stereocenters. The lowest BCUT2D eigenvalue weighted by molar-refractivity contribution is -0.141. The number of nitrogens with one attached hydrogen (secondary N) is 3. The molecule has 0 aliphatic rings. The molecule has 6 N–H and O–H groups in total. The maximum atomic E-state index is 13.0. The molecule has 0 spiro atoms. The first-order valence-electron chi connectivity index (χ1n) is 10.6. The predicted molar refractivity (Wildman–Crippen MR) is 133 cm³/mol. The first-order valence-corrected chi connectivity index (χ1v) is 13.4. The van der Waals surface area contributed by atoms with E-state index in [0.29, 0.717) is 30.8 Å². The molecule has 1 rings (SSSR count). The summed E-state index contributed by atoms with van der Waals surface area (Å²) in [5.41, 5.74) is 6.96. The number of benzene rings is 1. The second-order valence-corrected chi connectivity index (χ2v) is 9.52. The summed E-state index contributed by atoms with van der Waals surface area (Å²) in [5, 5.41) is 16.8. The van der Waals surface area contributed by atoms with E-state index in [2.05, 4.69) is 16.0 Å². The molecule has 1 aromatic carbocycles. The molecular formula is C22H34N4O5S2. The summed E-state index contributed by atoms with van der Waals surface area (Å²) in [5.74, 6) is -1.51. The Kier molecular flexibility index (Phi) is 13.6. The van der Waals surface area contributed by atoms with Gasteiger partial charge in [0.05, 0.1) is 6.04 Å². The fraction of sp³-hybridized carbons (Fsp3) is 0.545. The van der Waals surface area contributed by atoms with E-state index in [1.165, 1.54) is 30.4 Å². The number of aliphatic carboxylic acids is 1. The number of carbonyl (C=O) groups is 4. The average Bonchev–Trinajstić information content (AvgIpc) is 2.79. The lowest BCUT2D eigenvalue weighted by Gasteiger charge is -2.24. The van der Waals surface area contributed by atoms with Crippen molar-refractivity contribution in [1.29, 1.82) is 0 Å². The van der Waals surface area contributed by atoms with Gasteiger partial charge in [-0.15, -0.1) is 0 Å². The zero-order valence-electron chi connectivity index (χ0n) is 19.2. The van der Waals surface area contributed by atoms with E-state index in [1.807, 2.05) is 42.8 Å². The average molecular weight is 499 g/mol. The molecule has 0 heterocycles. The van der Waals surface area contributed by atoms with Crippen LogP contribution in [0.2, 0.25) is 0 Å². The van der Waals surface area contributed by atoms with Crippen LogP contribution in [0, 0.1) is 0 Å². The van der Waals surface area contributed by atoms with Crippen LogP contribution in [-0.4, -0.2) is 77.0 Å². The van der Waals surface area contributed by atoms with Gasteiger partial charge >= 0.3 is 5.97 Å². The Labute approximate surface area is 203 Å². The van der Waals surface area contributed by atoms with Gasteiger partial charge in [0.25, 0.3) is 0 Å². The van der Waals surface area contributed by atoms with Gasteiger partial charge in [0.15, 0.2) is 0 Å². The van der Waals surface area contributed by atoms with E-state index < -0.39 is 47.9 Å². The van der Waals surface area contributed by atoms with Gasteiger partial charge in [-0.2, -0.15) is 23.5 Å². The molecule has 184 valence electrons. The first-order chi connectivity index (χ1) is 15.7. The summed E-state index contributed by atoms with van der Waals surface area (Å²) in [6.45, 7) is 1.35. The first kappa shape index (κ1) is 28.8. The van der Waals surface area contributed by atoms with Gasteiger partial charge < -0.3 is 26.8 Å². The minimum absolute atomic E-state index is 0.321. The molecule has 0 aliphatic heterocycles. The molecule has 0 saturated heterocycles. The predicted octanol–water partition coefficient (Wildman–Crippen LogP) is 0.622. The smallest absolute Gasteiger partial charge is 0.325 e. The number of thioether (sulfide) groups is 2. The number of amides is 3. The minimum Gasteiger partial charge on any atom is -0.480 e. The van der Waals surface area contributed by atoms with Crippen LogP contribution in [0.1, 0.15) is 25.3 Å². The van der Waals surface area contributed by atoms with Crippen molar-refractivity contribution < 1.29 is 24.3 Å². The van der Waals surface area contributed by atoms with Gasteiger partial charge in [0, 0.05) is 0 Å². The van der Waals surface area contributed by atoms with E-state index in [1.54, 1.807) is 0 Å². The van der Waals surface area contributed by atoms with Crippen molar-refractivity contribution in [1.82, 2.24) is 16.0 Å². The molecule has 11 heteroatoms. The van der Waals surface area contributed by atoms with E-state index in [4.69, 9.17) is 10.8 Å². The molecule has 0 bridgehead atoms. The lowest BCUT2D eigenvalue weighted by atomic mass is 10.1. The topological polar surface area (TPSA) is 151 Å². The van der Waals surface area contributed by atoms with Gasteiger partial charge in [-0.3, -0.25) is 19.2 Å². The molecule has 0 fully saturated rings. The van der Waals surface area contributed by atoms with Crippen LogP contribution in [0.25, 0.3) is 0 Å². The van der Waals surface area contributed by atoms with Crippen LogP contribution < -0.4 is 21.7 Å². The standard InChI is InChI=1S/C22H34N4O5S2/c1-14(22(30)31)24-20(28)17(9-11-32-2)26-21(29)18(10-12-33-3)25-19(27)16(23)13-15-7-5-4-6-8-15/h4-8,14,16-18H,9-13,23H2,1-3H3,(H,24,28)(H,25,27)(H,26,29)(H,30,31). The van der Waals surface area contributed by atoms with E-state index in [9.17, 15) is 19.2 Å². The molecule has 3 amide bonds. The molecule has 0 saturated carbocycles. The van der Waals surface area contributed by atoms with Gasteiger partial charge in [-0.05, 0) is 55.8 Å². The number of nitrogens with two attached hydrogens (primary N) is 1. The summed E-state index contributed by atoms with van der Waals surface area (Å²) in [4.78, 5) is 49.3. The number of carbonyl (C=O) groups excluding carboxylic acids is 3. The highest BCUT2D eigenvalue weighted by molar-refractivity contribution is 7.98. The van der Waals surface area contributed by atoms with Crippen molar-refractivity contribution in [2.75, 3.05) is 24.0 Å². The van der Waals surface area contributed by atoms with Crippen molar-refractivity contribution in [3.8, 4) is 0 Å². The SMILES string of the molecule is CSCCC(NC(=O)C(N)Cc1ccccc1)C(=O)NC(CCSC)C(=O)NC(C)C(=O)O. The molecule has 0 aliphatic carbocycles. The number of hydrogen-bond acceptors (Lipinski definition) is 7. The maximum absolute atomic E-state index is 13.0. The van der Waals surface area contributed by atoms with Crippen LogP contribution in [-0.2, 0) is 25.6 Å². The zero-order valence-corrected chi connectivity index (χ0v) is 20.8. The Morgan fingerprint density at radius 3 is 1.85 bits per heavy atom. The number of carboxylic acids is 1. The van der Waals surface area contributed by atoms with E-state index in [0.717, 1.165) is 5.56 Å². The Balaban J connectivity index is 2.85. The highest BCUT2D eigenvalue weighted by Gasteiger charge is 2.29. The van der Waals surface area contributed by atoms with Gasteiger partial charge in [-0.25, -0.2) is 0 Å². The quantitative estimate of drug-likeness (QED) is 0.236. The molecule has 0 radical (unpaired) electrons. The van der Waals surface area contributed by atoms with Crippen LogP contribution in [0.15, 0.2) is 30.3 Å². The van der Waals surface area contributed by atoms with Gasteiger partial charge in [0.1, 0.15) is 18.1 Å². The third-order valence-electron chi connectivity index (χ3n) is 4.85. The number of carboxylic acid groups (broad SMARTS) is 1. The monoisotopic (exact) mass is 498 g/mol. The largest absolute Gasteiger partial charge is 0.480 e. The van der Waals surface area contributed by atoms with Gasteiger partial charge in [0.2, 0.25) is 17.7 Å². The second-order valence-electron chi connectivity index (χ2n) is 7.55. The second kappa shape index (κ2) is 15.6. The number of rotatable bonds is 15. The molecule has 9 nitrogen and oxygen atoms in total. The van der Waals surface area contributed by atoms with Crippen molar-refractivity contribution in [2.45, 2.75) is 50.4 Å². The van der Waals surface area contributed by atoms with Crippen LogP contribution >= 0.6 is 23.5 Å². The summed E-state index contributed by atoms with van der Waals surface area (Å²) in [7, 11) is 0. The Bertz CT molecular complexity index is 781. The Hall–Kier alpha value is -2.24. The Morgan fingerprint density at radius 2 is 1.36 bits per heavy atom. The van der Waals surface area contributed by atoms with Crippen LogP contribution in [0.5, 0.6) is 0 Å². The van der Waals surface area contributed by atoms with Gasteiger partial charge in [-0.1, -0.05) is 30.3 Å². The minimum atomic E-state index is -1.17. The molecule has 33 heavy (non-hydrogen) atoms. The molecule has 1 aromatic rings. The number of hydrogen-bond donors (Lipinski definition) is 5. The summed E-state index contributed by atoms with van der Waals surface area (Å²) in [6.07, 6.45) is 4.77. The van der Waals surface area contributed by atoms with E-state index >= 15 is 0 Å². The fourth-order valence-electron chi connectivity index (χ4n) is 2.90.